The Morgan fingerprint density at radius 1 is 0.750 bits per heavy atom. The molecule has 0 aliphatic carbocycles. The molecule has 0 fully saturated rings. The molecule has 0 radical (unpaired) electrons. The van der Waals surface area contributed by atoms with E-state index in [9.17, 15) is 19.2 Å². The zero-order valence-electron chi connectivity index (χ0n) is 17.7. The van der Waals surface area contributed by atoms with E-state index in [1.165, 1.54) is 0 Å². The van der Waals surface area contributed by atoms with Crippen LogP contribution in [-0.4, -0.2) is 72.0 Å². The van der Waals surface area contributed by atoms with Crippen molar-refractivity contribution in [2.45, 2.75) is 59.8 Å². The maximum absolute atomic E-state index is 10.2. The van der Waals surface area contributed by atoms with Gasteiger partial charge in [-0.05, 0) is 25.7 Å². The summed E-state index contributed by atoms with van der Waals surface area (Å²) in [5, 5.41) is 33.8. The standard InChI is InChI=1S/C6H12O3.2C5H10O2.C4H8O/c1-2-6(3-7,4-8)5-9;2*1-2-5(3-6)4-7;1-2-3-4-5/h3,8-9H,2,4-5H2,1H3;2*3,5,7H,2,4H2,1H3;4H,2-3H2,1H3. The summed E-state index contributed by atoms with van der Waals surface area (Å²) in [6.07, 6.45) is 6.72. The summed E-state index contributed by atoms with van der Waals surface area (Å²) in [7, 11) is 0. The van der Waals surface area contributed by atoms with Crippen LogP contribution in [0.5, 0.6) is 0 Å². The van der Waals surface area contributed by atoms with E-state index in [2.05, 4.69) is 0 Å². The molecular weight excluding hydrogens is 368 g/mol. The second-order valence-electron chi connectivity index (χ2n) is 6.08. The van der Waals surface area contributed by atoms with Crippen molar-refractivity contribution in [3.05, 3.63) is 0 Å². The summed E-state index contributed by atoms with van der Waals surface area (Å²) in [6, 6.07) is 0. The molecule has 0 saturated heterocycles. The van der Waals surface area contributed by atoms with E-state index in [-0.39, 0.29) is 38.3 Å². The van der Waals surface area contributed by atoms with E-state index in [1.54, 1.807) is 6.92 Å². The third-order valence-corrected chi connectivity index (χ3v) is 3.89. The highest BCUT2D eigenvalue weighted by Crippen LogP contribution is 2.15. The van der Waals surface area contributed by atoms with Crippen molar-refractivity contribution in [3.63, 3.8) is 0 Å². The Balaban J connectivity index is -0.000000140. The molecule has 28 heavy (non-hydrogen) atoms. The lowest BCUT2D eigenvalue weighted by atomic mass is 9.89. The van der Waals surface area contributed by atoms with Crippen molar-refractivity contribution >= 4 is 25.1 Å². The van der Waals surface area contributed by atoms with Crippen molar-refractivity contribution in [1.29, 1.82) is 0 Å². The first-order valence-electron chi connectivity index (χ1n) is 9.59. The normalized spacial score (nSPS) is 11.7. The van der Waals surface area contributed by atoms with E-state index in [4.69, 9.17) is 20.4 Å². The van der Waals surface area contributed by atoms with Crippen molar-refractivity contribution < 1.29 is 39.6 Å². The Morgan fingerprint density at radius 2 is 1.14 bits per heavy atom. The molecule has 0 bridgehead atoms. The summed E-state index contributed by atoms with van der Waals surface area (Å²) in [5.74, 6) is -0.278. The topological polar surface area (TPSA) is 149 Å². The molecule has 0 aliphatic rings. The number of rotatable bonds is 12. The minimum absolute atomic E-state index is 0.0139. The third kappa shape index (κ3) is 22.6. The van der Waals surface area contributed by atoms with Crippen LogP contribution in [0.15, 0.2) is 0 Å². The molecule has 2 unspecified atom stereocenters. The van der Waals surface area contributed by atoms with Crippen LogP contribution in [0.3, 0.4) is 0 Å². The molecule has 4 N–H and O–H groups in total. The summed E-state index contributed by atoms with van der Waals surface area (Å²) in [5.41, 5.74) is -0.903. The Bertz CT molecular complexity index is 311. The molecule has 0 saturated carbocycles. The minimum Gasteiger partial charge on any atom is -0.396 e. The predicted molar refractivity (Wildman–Crippen MR) is 108 cm³/mol. The lowest BCUT2D eigenvalue weighted by molar-refractivity contribution is -0.121. The van der Waals surface area contributed by atoms with Gasteiger partial charge in [0.05, 0.1) is 31.8 Å². The van der Waals surface area contributed by atoms with Gasteiger partial charge in [-0.25, -0.2) is 0 Å². The number of aldehydes is 4. The van der Waals surface area contributed by atoms with Gasteiger partial charge < -0.3 is 39.6 Å². The van der Waals surface area contributed by atoms with Gasteiger partial charge in [-0.1, -0.05) is 27.7 Å². The fourth-order valence-electron chi connectivity index (χ4n) is 1.09. The van der Waals surface area contributed by atoms with Crippen molar-refractivity contribution in [1.82, 2.24) is 0 Å². The van der Waals surface area contributed by atoms with Gasteiger partial charge in [0.2, 0.25) is 0 Å². The first kappa shape index (κ1) is 34.1. The van der Waals surface area contributed by atoms with Crippen LogP contribution in [0.25, 0.3) is 0 Å². The van der Waals surface area contributed by atoms with Gasteiger partial charge >= 0.3 is 0 Å². The molecule has 168 valence electrons. The highest BCUT2D eigenvalue weighted by atomic mass is 16.3. The van der Waals surface area contributed by atoms with Gasteiger partial charge in [0.15, 0.2) is 0 Å². The van der Waals surface area contributed by atoms with Crippen LogP contribution >= 0.6 is 0 Å². The van der Waals surface area contributed by atoms with Gasteiger partial charge in [-0.15, -0.1) is 0 Å². The minimum atomic E-state index is -0.903. The maximum Gasteiger partial charge on any atom is 0.130 e. The average Bonchev–Trinajstić information content (AvgIpc) is 2.75. The predicted octanol–water partition coefficient (Wildman–Crippen LogP) is 0.959. The Kier molecular flexibility index (Phi) is 33.7. The van der Waals surface area contributed by atoms with Crippen LogP contribution in [-0.2, 0) is 19.2 Å². The van der Waals surface area contributed by atoms with E-state index in [1.807, 2.05) is 20.8 Å². The Labute approximate surface area is 169 Å². The molecule has 0 rings (SSSR count). The Hall–Kier alpha value is -1.48. The quantitative estimate of drug-likeness (QED) is 0.349. The van der Waals surface area contributed by atoms with Crippen LogP contribution < -0.4 is 0 Å². The van der Waals surface area contributed by atoms with Gasteiger partial charge in [-0.3, -0.25) is 0 Å². The number of hydrogen-bond donors (Lipinski definition) is 4. The summed E-state index contributed by atoms with van der Waals surface area (Å²) in [4.78, 5) is 39.2. The van der Waals surface area contributed by atoms with Gasteiger partial charge in [-0.2, -0.15) is 0 Å². The highest BCUT2D eigenvalue weighted by Gasteiger charge is 2.25. The number of hydrogen-bond acceptors (Lipinski definition) is 8. The smallest absolute Gasteiger partial charge is 0.130 e. The molecule has 0 amide bonds. The van der Waals surface area contributed by atoms with Crippen molar-refractivity contribution in [2.24, 2.45) is 17.3 Å². The summed E-state index contributed by atoms with van der Waals surface area (Å²) in [6.45, 7) is 6.90. The van der Waals surface area contributed by atoms with E-state index >= 15 is 0 Å². The highest BCUT2D eigenvalue weighted by molar-refractivity contribution is 5.59. The first-order valence-corrected chi connectivity index (χ1v) is 9.59. The van der Waals surface area contributed by atoms with E-state index in [0.717, 1.165) is 38.1 Å². The second kappa shape index (κ2) is 27.7. The lowest BCUT2D eigenvalue weighted by Gasteiger charge is -2.19. The average molecular weight is 409 g/mol. The van der Waals surface area contributed by atoms with Crippen LogP contribution in [0.1, 0.15) is 59.8 Å². The fraction of sp³-hybridized carbons (Fsp3) is 0.800. The summed E-state index contributed by atoms with van der Waals surface area (Å²) >= 11 is 0. The molecule has 0 aliphatic heterocycles. The molecule has 8 nitrogen and oxygen atoms in total. The maximum atomic E-state index is 10.2. The molecular formula is C20H40O8. The number of carbonyl (C=O) groups excluding carboxylic acids is 4. The zero-order chi connectivity index (χ0) is 22.8. The van der Waals surface area contributed by atoms with Crippen LogP contribution in [0.2, 0.25) is 0 Å². The van der Waals surface area contributed by atoms with Crippen LogP contribution in [0, 0.1) is 17.3 Å². The number of aliphatic hydroxyl groups excluding tert-OH is 4. The summed E-state index contributed by atoms with van der Waals surface area (Å²) < 4.78 is 0. The number of carbonyl (C=O) groups is 4. The fourth-order valence-corrected chi connectivity index (χ4v) is 1.09. The third-order valence-electron chi connectivity index (χ3n) is 3.89. The number of aliphatic hydroxyl groups is 4. The Morgan fingerprint density at radius 3 is 1.14 bits per heavy atom. The van der Waals surface area contributed by atoms with Gasteiger partial charge in [0.1, 0.15) is 25.1 Å². The van der Waals surface area contributed by atoms with Gasteiger partial charge in [0, 0.05) is 18.3 Å². The molecule has 0 aromatic rings. The molecule has 0 aromatic heterocycles. The molecule has 2 atom stereocenters. The molecule has 0 heterocycles. The van der Waals surface area contributed by atoms with Crippen molar-refractivity contribution in [2.75, 3.05) is 26.4 Å². The number of unbranched alkanes of at least 4 members (excludes halogenated alkanes) is 1. The largest absolute Gasteiger partial charge is 0.396 e. The zero-order valence-corrected chi connectivity index (χ0v) is 17.7. The second-order valence-corrected chi connectivity index (χ2v) is 6.08. The van der Waals surface area contributed by atoms with Crippen molar-refractivity contribution in [3.8, 4) is 0 Å². The SMILES string of the molecule is CCC(C=O)(CO)CO.CCC(C=O)CO.CCC(C=O)CO.CCCC=O. The lowest BCUT2D eigenvalue weighted by Crippen LogP contribution is -2.30. The molecule has 0 aromatic carbocycles. The van der Waals surface area contributed by atoms with Crippen LogP contribution in [0.4, 0.5) is 0 Å². The first-order chi connectivity index (χ1) is 13.3. The van der Waals surface area contributed by atoms with Gasteiger partial charge in [0.25, 0.3) is 0 Å². The molecule has 8 heteroatoms. The van der Waals surface area contributed by atoms with E-state index < -0.39 is 5.41 Å². The molecule has 0 spiro atoms. The van der Waals surface area contributed by atoms with E-state index in [0.29, 0.717) is 19.1 Å². The monoisotopic (exact) mass is 408 g/mol.